The van der Waals surface area contributed by atoms with Crippen LogP contribution in [0, 0.1) is 0 Å². The zero-order chi connectivity index (χ0) is 13.1. The van der Waals surface area contributed by atoms with E-state index in [4.69, 9.17) is 22.7 Å². The van der Waals surface area contributed by atoms with Gasteiger partial charge in [-0.2, -0.15) is 0 Å². The van der Waals surface area contributed by atoms with E-state index in [1.165, 1.54) is 0 Å². The van der Waals surface area contributed by atoms with Gasteiger partial charge in [0.1, 0.15) is 11.0 Å². The molecule has 1 aromatic heterocycles. The van der Waals surface area contributed by atoms with Crippen molar-refractivity contribution < 1.29 is 9.53 Å². The van der Waals surface area contributed by atoms with Crippen LogP contribution >= 0.6 is 12.2 Å². The molecule has 1 unspecified atom stereocenters. The molecule has 0 aliphatic carbocycles. The normalized spacial score (nSPS) is 17.5. The zero-order valence-electron chi connectivity index (χ0n) is 10.2. The van der Waals surface area contributed by atoms with Gasteiger partial charge in [-0.1, -0.05) is 12.2 Å². The third kappa shape index (κ3) is 2.51. The van der Waals surface area contributed by atoms with Crippen LogP contribution in [-0.2, 0) is 9.53 Å². The lowest BCUT2D eigenvalue weighted by Gasteiger charge is -2.30. The highest BCUT2D eigenvalue weighted by molar-refractivity contribution is 7.80. The van der Waals surface area contributed by atoms with Crippen LogP contribution in [0.15, 0.2) is 12.4 Å². The van der Waals surface area contributed by atoms with Crippen molar-refractivity contribution in [1.82, 2.24) is 14.5 Å². The Morgan fingerprint density at radius 3 is 2.83 bits per heavy atom. The van der Waals surface area contributed by atoms with Gasteiger partial charge in [0.15, 0.2) is 5.82 Å². The molecule has 0 spiro atoms. The Kier molecular flexibility index (Phi) is 3.93. The number of morpholine rings is 1. The summed E-state index contributed by atoms with van der Waals surface area (Å²) in [5.41, 5.74) is 5.58. The summed E-state index contributed by atoms with van der Waals surface area (Å²) in [7, 11) is 0. The van der Waals surface area contributed by atoms with Gasteiger partial charge in [0.05, 0.1) is 13.2 Å². The summed E-state index contributed by atoms with van der Waals surface area (Å²) in [5, 5.41) is 0. The molecule has 98 valence electrons. The number of thiocarbonyl (C=S) groups is 1. The second-order valence-corrected chi connectivity index (χ2v) is 4.58. The molecule has 1 fully saturated rings. The van der Waals surface area contributed by atoms with Gasteiger partial charge in [-0.3, -0.25) is 4.79 Å². The summed E-state index contributed by atoms with van der Waals surface area (Å²) >= 11 is 4.92. The summed E-state index contributed by atoms with van der Waals surface area (Å²) in [6, 6.07) is -0.359. The molecule has 0 bridgehead atoms. The molecule has 1 aliphatic rings. The maximum Gasteiger partial charge on any atom is 0.245 e. The third-order valence-electron chi connectivity index (χ3n) is 2.99. The molecule has 0 radical (unpaired) electrons. The second kappa shape index (κ2) is 5.45. The predicted molar refractivity (Wildman–Crippen MR) is 70.2 cm³/mol. The summed E-state index contributed by atoms with van der Waals surface area (Å²) in [6.07, 6.45) is 3.31. The Labute approximate surface area is 111 Å². The molecule has 0 saturated carbocycles. The van der Waals surface area contributed by atoms with Gasteiger partial charge >= 0.3 is 0 Å². The van der Waals surface area contributed by atoms with Gasteiger partial charge in [0, 0.05) is 25.5 Å². The Balaban J connectivity index is 2.14. The Bertz CT molecular complexity index is 454. The average Bonchev–Trinajstić information content (AvgIpc) is 2.87. The summed E-state index contributed by atoms with van der Waals surface area (Å²) < 4.78 is 6.94. The first-order valence-electron chi connectivity index (χ1n) is 5.80. The number of rotatable bonds is 3. The van der Waals surface area contributed by atoms with Crippen molar-refractivity contribution in [2.75, 3.05) is 26.3 Å². The van der Waals surface area contributed by atoms with E-state index >= 15 is 0 Å². The Morgan fingerprint density at radius 1 is 1.56 bits per heavy atom. The van der Waals surface area contributed by atoms with Crippen LogP contribution in [-0.4, -0.2) is 51.6 Å². The molecule has 2 N–H and O–H groups in total. The minimum Gasteiger partial charge on any atom is -0.387 e. The van der Waals surface area contributed by atoms with E-state index in [0.29, 0.717) is 32.1 Å². The predicted octanol–water partition coefficient (Wildman–Crippen LogP) is -0.0629. The number of aromatic nitrogens is 2. The number of amides is 1. The Morgan fingerprint density at radius 2 is 2.22 bits per heavy atom. The number of nitrogens with zero attached hydrogens (tertiary/aromatic N) is 3. The summed E-state index contributed by atoms with van der Waals surface area (Å²) in [5.74, 6) is 0.507. The number of nitrogens with two attached hydrogens (primary N) is 1. The fourth-order valence-electron chi connectivity index (χ4n) is 1.98. The molecule has 1 aromatic rings. The molecule has 0 aromatic carbocycles. The van der Waals surface area contributed by atoms with Crippen LogP contribution in [0.25, 0.3) is 0 Å². The smallest absolute Gasteiger partial charge is 0.245 e. The zero-order valence-corrected chi connectivity index (χ0v) is 11.0. The van der Waals surface area contributed by atoms with Crippen LogP contribution in [0.1, 0.15) is 18.8 Å². The van der Waals surface area contributed by atoms with E-state index in [1.54, 1.807) is 21.9 Å². The Hall–Kier alpha value is -1.47. The van der Waals surface area contributed by atoms with Gasteiger partial charge in [-0.15, -0.1) is 0 Å². The first-order chi connectivity index (χ1) is 8.61. The maximum atomic E-state index is 12.3. The quantitative estimate of drug-likeness (QED) is 0.777. The highest BCUT2D eigenvalue weighted by atomic mass is 32.1. The van der Waals surface area contributed by atoms with E-state index < -0.39 is 0 Å². The maximum absolute atomic E-state index is 12.3. The topological polar surface area (TPSA) is 73.4 Å². The second-order valence-electron chi connectivity index (χ2n) is 4.14. The number of ether oxygens (including phenoxy) is 1. The lowest BCUT2D eigenvalue weighted by atomic mass is 10.2. The van der Waals surface area contributed by atoms with Crippen molar-refractivity contribution in [3.8, 4) is 0 Å². The van der Waals surface area contributed by atoms with E-state index in [0.717, 1.165) is 0 Å². The molecule has 7 heteroatoms. The molecular weight excluding hydrogens is 252 g/mol. The number of carbonyl (C=O) groups is 1. The molecule has 1 amide bonds. The minimum absolute atomic E-state index is 0.0359. The molecule has 1 aliphatic heterocycles. The van der Waals surface area contributed by atoms with Gasteiger partial charge in [0.2, 0.25) is 5.91 Å². The fraction of sp³-hybridized carbons (Fsp3) is 0.545. The molecule has 6 nitrogen and oxygen atoms in total. The van der Waals surface area contributed by atoms with E-state index in [1.807, 2.05) is 6.92 Å². The largest absolute Gasteiger partial charge is 0.387 e. The molecule has 18 heavy (non-hydrogen) atoms. The van der Waals surface area contributed by atoms with Crippen molar-refractivity contribution in [1.29, 1.82) is 0 Å². The van der Waals surface area contributed by atoms with Gasteiger partial charge in [-0.05, 0) is 6.92 Å². The van der Waals surface area contributed by atoms with Crippen molar-refractivity contribution >= 4 is 23.1 Å². The highest BCUT2D eigenvalue weighted by Crippen LogP contribution is 2.14. The monoisotopic (exact) mass is 268 g/mol. The first kappa shape index (κ1) is 13.0. The van der Waals surface area contributed by atoms with Crippen LogP contribution < -0.4 is 5.73 Å². The standard InChI is InChI=1S/C11H16N4O2S/c1-8(11(16)14-4-6-17-7-5-14)15-3-2-13-10(15)9(12)18/h2-3,8H,4-7H2,1H3,(H2,12,18). The number of hydrogen-bond donors (Lipinski definition) is 1. The molecule has 2 heterocycles. The summed E-state index contributed by atoms with van der Waals surface area (Å²) in [4.78, 5) is 18.4. The SMILES string of the molecule is CC(C(=O)N1CCOCC1)n1ccnc1C(N)=S. The minimum atomic E-state index is -0.359. The van der Waals surface area contributed by atoms with Crippen molar-refractivity contribution in [3.63, 3.8) is 0 Å². The van der Waals surface area contributed by atoms with E-state index in [2.05, 4.69) is 4.98 Å². The summed E-state index contributed by atoms with van der Waals surface area (Å²) in [6.45, 7) is 4.25. The molecular formula is C11H16N4O2S. The van der Waals surface area contributed by atoms with E-state index in [9.17, 15) is 4.79 Å². The van der Waals surface area contributed by atoms with Crippen LogP contribution in [0.2, 0.25) is 0 Å². The highest BCUT2D eigenvalue weighted by Gasteiger charge is 2.25. The lowest BCUT2D eigenvalue weighted by molar-refractivity contribution is -0.138. The molecule has 1 saturated heterocycles. The van der Waals surface area contributed by atoms with Crippen LogP contribution in [0.5, 0.6) is 0 Å². The van der Waals surface area contributed by atoms with Crippen LogP contribution in [0.4, 0.5) is 0 Å². The molecule has 2 rings (SSSR count). The molecule has 1 atom stereocenters. The number of carbonyl (C=O) groups excluding carboxylic acids is 1. The van der Waals surface area contributed by atoms with Gasteiger partial charge < -0.3 is 19.9 Å². The van der Waals surface area contributed by atoms with Crippen molar-refractivity contribution in [3.05, 3.63) is 18.2 Å². The first-order valence-corrected chi connectivity index (χ1v) is 6.21. The van der Waals surface area contributed by atoms with Crippen LogP contribution in [0.3, 0.4) is 0 Å². The number of hydrogen-bond acceptors (Lipinski definition) is 4. The third-order valence-corrected chi connectivity index (χ3v) is 3.17. The van der Waals surface area contributed by atoms with Gasteiger partial charge in [0.25, 0.3) is 0 Å². The van der Waals surface area contributed by atoms with Crippen molar-refractivity contribution in [2.24, 2.45) is 5.73 Å². The van der Waals surface area contributed by atoms with Gasteiger partial charge in [-0.25, -0.2) is 4.98 Å². The average molecular weight is 268 g/mol. The fourth-order valence-corrected chi connectivity index (χ4v) is 2.14. The van der Waals surface area contributed by atoms with Crippen molar-refractivity contribution in [2.45, 2.75) is 13.0 Å². The lowest BCUT2D eigenvalue weighted by Crippen LogP contribution is -2.44. The number of imidazole rings is 1. The van der Waals surface area contributed by atoms with E-state index in [-0.39, 0.29) is 16.9 Å².